The number of aromatic nitrogens is 6. The summed E-state index contributed by atoms with van der Waals surface area (Å²) in [6.07, 6.45) is 11.9. The van der Waals surface area contributed by atoms with Gasteiger partial charge in [-0.1, -0.05) is 43.9 Å². The molecule has 0 bridgehead atoms. The first-order valence-electron chi connectivity index (χ1n) is 14.0. The molecule has 0 unspecified atom stereocenters. The summed E-state index contributed by atoms with van der Waals surface area (Å²) >= 11 is 6.39. The van der Waals surface area contributed by atoms with Gasteiger partial charge in [-0.25, -0.2) is 14.8 Å². The Hall–Kier alpha value is -3.24. The topological polar surface area (TPSA) is 115 Å². The maximum atomic E-state index is 11.8. The predicted octanol–water partition coefficient (Wildman–Crippen LogP) is 5.71. The van der Waals surface area contributed by atoms with Crippen molar-refractivity contribution in [3.63, 3.8) is 0 Å². The third-order valence-electron chi connectivity index (χ3n) is 8.68. The van der Waals surface area contributed by atoms with Crippen molar-refractivity contribution in [2.45, 2.75) is 78.0 Å². The second kappa shape index (κ2) is 11.0. The number of H-pyrrole nitrogens is 1. The number of nitrogens with zero attached hydrogens (tertiary/aromatic N) is 6. The number of pyridine rings is 2. The highest BCUT2D eigenvalue weighted by atomic mass is 35.5. The predicted molar refractivity (Wildman–Crippen MR) is 154 cm³/mol. The smallest absolute Gasteiger partial charge is 0.374 e. The first-order valence-corrected chi connectivity index (χ1v) is 14.4. The Balaban J connectivity index is 0.00000289. The van der Waals surface area contributed by atoms with Crippen LogP contribution in [0, 0.1) is 11.8 Å². The summed E-state index contributed by atoms with van der Waals surface area (Å²) in [5, 5.41) is 4.42. The number of hydrogen-bond donors (Lipinski definition) is 1. The van der Waals surface area contributed by atoms with Crippen LogP contribution in [0.25, 0.3) is 33.8 Å². The third-order valence-corrected chi connectivity index (χ3v) is 8.89. The summed E-state index contributed by atoms with van der Waals surface area (Å²) in [7, 11) is 0. The molecular weight excluding hydrogens is 530 g/mol. The van der Waals surface area contributed by atoms with E-state index in [0.29, 0.717) is 35.0 Å². The minimum Gasteiger partial charge on any atom is -0.374 e. The van der Waals surface area contributed by atoms with Crippen LogP contribution in [-0.4, -0.2) is 55.0 Å². The molecule has 4 aromatic heterocycles. The Morgan fingerprint density at radius 1 is 1.10 bits per heavy atom. The van der Waals surface area contributed by atoms with E-state index in [2.05, 4.69) is 31.5 Å². The van der Waals surface area contributed by atoms with Gasteiger partial charge >= 0.3 is 5.76 Å². The molecule has 0 amide bonds. The van der Waals surface area contributed by atoms with E-state index in [-0.39, 0.29) is 19.4 Å². The summed E-state index contributed by atoms with van der Waals surface area (Å²) < 4.78 is 13.3. The Bertz CT molecular complexity index is 1550. The molecule has 2 atom stereocenters. The van der Waals surface area contributed by atoms with Crippen LogP contribution >= 0.6 is 11.6 Å². The molecule has 212 valence electrons. The lowest BCUT2D eigenvalue weighted by Gasteiger charge is -2.39. The lowest BCUT2D eigenvalue weighted by Crippen LogP contribution is -2.49. The van der Waals surface area contributed by atoms with E-state index in [1.807, 2.05) is 12.1 Å². The van der Waals surface area contributed by atoms with Gasteiger partial charge in [0.25, 0.3) is 0 Å². The minimum atomic E-state index is -0.629. The number of morpholine rings is 1. The first-order chi connectivity index (χ1) is 19.0. The normalized spacial score (nSPS) is 24.7. The van der Waals surface area contributed by atoms with Gasteiger partial charge < -0.3 is 14.2 Å². The molecule has 1 saturated heterocycles. The molecule has 1 N–H and O–H groups in total. The maximum Gasteiger partial charge on any atom is 0.439 e. The fraction of sp³-hybridized carbons (Fsp3) is 0.552. The Morgan fingerprint density at radius 2 is 1.95 bits per heavy atom. The highest BCUT2D eigenvalue weighted by molar-refractivity contribution is 6.30. The summed E-state index contributed by atoms with van der Waals surface area (Å²) in [5.74, 6) is 1.94. The number of hydrogen-bond acceptors (Lipinski definition) is 8. The second-order valence-corrected chi connectivity index (χ2v) is 11.7. The van der Waals surface area contributed by atoms with E-state index < -0.39 is 5.76 Å². The van der Waals surface area contributed by atoms with E-state index in [9.17, 15) is 4.79 Å². The van der Waals surface area contributed by atoms with Gasteiger partial charge in [0.15, 0.2) is 0 Å². The SMILES string of the molecule is C.CC1CCC(Cn2c(N3CCO[C@@H]4CCC[C@H]43)nc3cc(-c4noc(=O)[nH]4)nc(-c4cncc(Cl)c4)c32)CC1. The highest BCUT2D eigenvalue weighted by Gasteiger charge is 2.39. The molecular formula is C29H36ClN7O3. The Morgan fingerprint density at radius 3 is 2.73 bits per heavy atom. The first kappa shape index (κ1) is 27.0. The standard InChI is InChI=1S/C28H32ClN7O3.CH4/c1-16-5-7-17(8-6-16)15-36-25-20(32-27(36)35-9-10-38-23-4-2-3-22(23)35)12-21(26-33-28(37)39-34-26)31-24(25)18-11-19(29)14-30-13-18;/h11-14,16-17,22-23H,2-10,15H2,1H3,(H,33,34,37);1H4/t16?,17?,22-,23-;/m1./s1. The molecule has 2 saturated carbocycles. The highest BCUT2D eigenvalue weighted by Crippen LogP contribution is 2.39. The van der Waals surface area contributed by atoms with Gasteiger partial charge in [0.05, 0.1) is 40.5 Å². The molecule has 3 fully saturated rings. The molecule has 1 aliphatic heterocycles. The van der Waals surface area contributed by atoms with Crippen LogP contribution in [0.5, 0.6) is 0 Å². The van der Waals surface area contributed by atoms with Crippen LogP contribution in [0.4, 0.5) is 5.95 Å². The molecule has 10 nitrogen and oxygen atoms in total. The van der Waals surface area contributed by atoms with Crippen LogP contribution in [0.3, 0.4) is 0 Å². The van der Waals surface area contributed by atoms with Crippen LogP contribution < -0.4 is 10.7 Å². The van der Waals surface area contributed by atoms with Gasteiger partial charge in [0, 0.05) is 31.0 Å². The second-order valence-electron chi connectivity index (χ2n) is 11.3. The summed E-state index contributed by atoms with van der Waals surface area (Å²) in [5.41, 5.74) is 3.71. The van der Waals surface area contributed by atoms with Crippen LogP contribution in [0.2, 0.25) is 5.02 Å². The van der Waals surface area contributed by atoms with E-state index in [1.54, 1.807) is 12.4 Å². The molecule has 5 heterocycles. The Labute approximate surface area is 238 Å². The number of anilines is 1. The van der Waals surface area contributed by atoms with Crippen molar-refractivity contribution >= 4 is 28.6 Å². The quantitative estimate of drug-likeness (QED) is 0.327. The van der Waals surface area contributed by atoms with Crippen molar-refractivity contribution in [2.75, 3.05) is 18.1 Å². The minimum absolute atomic E-state index is 0. The molecule has 11 heteroatoms. The number of imidazole rings is 1. The third kappa shape index (κ3) is 4.92. The van der Waals surface area contributed by atoms with Gasteiger partial charge in [-0.2, -0.15) is 0 Å². The zero-order chi connectivity index (χ0) is 26.5. The lowest BCUT2D eigenvalue weighted by molar-refractivity contribution is 0.0247. The van der Waals surface area contributed by atoms with Crippen LogP contribution in [0.1, 0.15) is 59.3 Å². The molecule has 4 aromatic rings. The maximum absolute atomic E-state index is 11.8. The largest absolute Gasteiger partial charge is 0.439 e. The van der Waals surface area contributed by atoms with Crippen molar-refractivity contribution in [2.24, 2.45) is 11.8 Å². The van der Waals surface area contributed by atoms with Gasteiger partial charge in [0.1, 0.15) is 5.69 Å². The zero-order valence-corrected chi connectivity index (χ0v) is 22.7. The van der Waals surface area contributed by atoms with Crippen molar-refractivity contribution < 1.29 is 9.26 Å². The van der Waals surface area contributed by atoms with E-state index in [0.717, 1.165) is 60.8 Å². The van der Waals surface area contributed by atoms with Crippen molar-refractivity contribution in [3.05, 3.63) is 40.1 Å². The molecule has 40 heavy (non-hydrogen) atoms. The molecule has 3 aliphatic rings. The van der Waals surface area contributed by atoms with E-state index >= 15 is 0 Å². The molecule has 0 spiro atoms. The number of fused-ring (bicyclic) bond motifs is 2. The van der Waals surface area contributed by atoms with Crippen molar-refractivity contribution in [3.8, 4) is 22.8 Å². The van der Waals surface area contributed by atoms with E-state index in [1.165, 1.54) is 25.7 Å². The fourth-order valence-electron chi connectivity index (χ4n) is 6.68. The van der Waals surface area contributed by atoms with Crippen molar-refractivity contribution in [1.29, 1.82) is 0 Å². The number of rotatable bonds is 5. The summed E-state index contributed by atoms with van der Waals surface area (Å²) in [6.45, 7) is 4.72. The zero-order valence-electron chi connectivity index (χ0n) is 22.0. The average Bonchev–Trinajstić information content (AvgIpc) is 3.68. The summed E-state index contributed by atoms with van der Waals surface area (Å²) in [6, 6.07) is 4.07. The lowest BCUT2D eigenvalue weighted by atomic mass is 9.83. The molecule has 7 rings (SSSR count). The van der Waals surface area contributed by atoms with Crippen LogP contribution in [-0.2, 0) is 11.3 Å². The fourth-order valence-corrected chi connectivity index (χ4v) is 6.86. The van der Waals surface area contributed by atoms with E-state index in [4.69, 9.17) is 30.8 Å². The number of aromatic amines is 1. The monoisotopic (exact) mass is 565 g/mol. The molecule has 2 aliphatic carbocycles. The van der Waals surface area contributed by atoms with Gasteiger partial charge in [-0.05, 0) is 56.1 Å². The molecule has 0 aromatic carbocycles. The van der Waals surface area contributed by atoms with Crippen LogP contribution in [0.15, 0.2) is 33.8 Å². The van der Waals surface area contributed by atoms with Gasteiger partial charge in [0.2, 0.25) is 11.8 Å². The number of nitrogens with one attached hydrogen (secondary N) is 1. The van der Waals surface area contributed by atoms with Crippen molar-refractivity contribution in [1.82, 2.24) is 29.7 Å². The summed E-state index contributed by atoms with van der Waals surface area (Å²) in [4.78, 5) is 31.5. The van der Waals surface area contributed by atoms with Gasteiger partial charge in [-0.3, -0.25) is 14.5 Å². The average molecular weight is 566 g/mol. The number of ether oxygens (including phenoxy) is 1. The number of halogens is 1. The molecule has 0 radical (unpaired) electrons. The Kier molecular flexibility index (Phi) is 7.39. The van der Waals surface area contributed by atoms with Gasteiger partial charge in [-0.15, -0.1) is 0 Å².